The van der Waals surface area contributed by atoms with Crippen molar-refractivity contribution in [1.29, 1.82) is 0 Å². The number of nitrogens with zero attached hydrogens (tertiary/aromatic N) is 1. The molecule has 0 amide bonds. The van der Waals surface area contributed by atoms with E-state index in [0.29, 0.717) is 12.1 Å². The van der Waals surface area contributed by atoms with E-state index in [2.05, 4.69) is 53.7 Å². The summed E-state index contributed by atoms with van der Waals surface area (Å²) in [5.74, 6) is 1.81. The molecule has 1 aliphatic rings. The number of aliphatic imine (C=N–C) groups is 1. The van der Waals surface area contributed by atoms with Gasteiger partial charge in [0.05, 0.1) is 6.10 Å². The minimum atomic E-state index is 0. The van der Waals surface area contributed by atoms with Crippen molar-refractivity contribution in [3.05, 3.63) is 29.8 Å². The van der Waals surface area contributed by atoms with Crippen LogP contribution in [0.2, 0.25) is 0 Å². The molecule has 1 fully saturated rings. The molecule has 4 nitrogen and oxygen atoms in total. The lowest BCUT2D eigenvalue weighted by atomic mass is 9.98. The second kappa shape index (κ2) is 10.7. The Balaban J connectivity index is 0.00000264. The molecule has 0 unspecified atom stereocenters. The molecule has 1 saturated carbocycles. The van der Waals surface area contributed by atoms with Crippen LogP contribution in [0.1, 0.15) is 51.5 Å². The van der Waals surface area contributed by atoms with E-state index in [9.17, 15) is 0 Å². The van der Waals surface area contributed by atoms with Crippen molar-refractivity contribution in [2.45, 2.75) is 64.6 Å². The number of guanidine groups is 1. The molecule has 0 atom stereocenters. The van der Waals surface area contributed by atoms with Gasteiger partial charge in [0.15, 0.2) is 5.96 Å². The smallest absolute Gasteiger partial charge is 0.191 e. The van der Waals surface area contributed by atoms with E-state index in [1.807, 2.05) is 0 Å². The zero-order valence-corrected chi connectivity index (χ0v) is 16.8. The Labute approximate surface area is 157 Å². The maximum absolute atomic E-state index is 6.12. The molecule has 0 aliphatic heterocycles. The first-order valence-corrected chi connectivity index (χ1v) is 8.40. The van der Waals surface area contributed by atoms with Crippen LogP contribution in [0.3, 0.4) is 0 Å². The molecule has 23 heavy (non-hydrogen) atoms. The Morgan fingerprint density at radius 1 is 1.26 bits per heavy atom. The molecule has 0 aromatic heterocycles. The molecule has 0 radical (unpaired) electrons. The summed E-state index contributed by atoms with van der Waals surface area (Å²) in [5, 5.41) is 6.62. The average Bonchev–Trinajstić information content (AvgIpc) is 2.52. The highest BCUT2D eigenvalue weighted by atomic mass is 127. The highest BCUT2D eigenvalue weighted by molar-refractivity contribution is 14.0. The van der Waals surface area contributed by atoms with Gasteiger partial charge in [-0.05, 0) is 57.2 Å². The summed E-state index contributed by atoms with van der Waals surface area (Å²) in [4.78, 5) is 4.22. The predicted octanol–water partition coefficient (Wildman–Crippen LogP) is 4.09. The zero-order valence-electron chi connectivity index (χ0n) is 14.5. The Bertz CT molecular complexity index is 485. The van der Waals surface area contributed by atoms with Gasteiger partial charge in [0.2, 0.25) is 0 Å². The van der Waals surface area contributed by atoms with Crippen molar-refractivity contribution >= 4 is 29.9 Å². The van der Waals surface area contributed by atoms with Gasteiger partial charge in [0.1, 0.15) is 5.75 Å². The molecule has 2 rings (SSSR count). The lowest BCUT2D eigenvalue weighted by molar-refractivity contribution is 0.155. The summed E-state index contributed by atoms with van der Waals surface area (Å²) in [6.45, 7) is 4.95. The largest absolute Gasteiger partial charge is 0.490 e. The molecular weight excluding hydrogens is 401 g/mol. The molecule has 0 heterocycles. The summed E-state index contributed by atoms with van der Waals surface area (Å²) < 4.78 is 6.12. The summed E-state index contributed by atoms with van der Waals surface area (Å²) >= 11 is 0. The predicted molar refractivity (Wildman–Crippen MR) is 108 cm³/mol. The Kier molecular flexibility index (Phi) is 9.36. The van der Waals surface area contributed by atoms with Crippen LogP contribution >= 0.6 is 24.0 Å². The number of ether oxygens (including phenoxy) is 1. The van der Waals surface area contributed by atoms with Crippen LogP contribution in [-0.4, -0.2) is 25.2 Å². The fourth-order valence-corrected chi connectivity index (χ4v) is 2.76. The zero-order chi connectivity index (χ0) is 15.8. The summed E-state index contributed by atoms with van der Waals surface area (Å²) in [6, 6.07) is 8.73. The Morgan fingerprint density at radius 3 is 2.65 bits per heavy atom. The third kappa shape index (κ3) is 7.42. The van der Waals surface area contributed by atoms with Crippen molar-refractivity contribution in [2.75, 3.05) is 7.05 Å². The van der Waals surface area contributed by atoms with E-state index in [1.165, 1.54) is 37.7 Å². The van der Waals surface area contributed by atoms with Gasteiger partial charge in [0, 0.05) is 19.6 Å². The van der Waals surface area contributed by atoms with Crippen LogP contribution in [0.4, 0.5) is 0 Å². The van der Waals surface area contributed by atoms with E-state index in [-0.39, 0.29) is 24.0 Å². The molecule has 0 saturated heterocycles. The number of nitrogens with one attached hydrogen (secondary N) is 2. The third-order valence-electron chi connectivity index (χ3n) is 3.86. The van der Waals surface area contributed by atoms with E-state index in [0.717, 1.165) is 18.3 Å². The van der Waals surface area contributed by atoms with Gasteiger partial charge in [-0.3, -0.25) is 4.99 Å². The third-order valence-corrected chi connectivity index (χ3v) is 3.86. The molecule has 1 aliphatic carbocycles. The van der Waals surface area contributed by atoms with Crippen molar-refractivity contribution in [2.24, 2.45) is 4.99 Å². The highest BCUT2D eigenvalue weighted by Crippen LogP contribution is 2.23. The molecular formula is C18H30IN3O. The summed E-state index contributed by atoms with van der Waals surface area (Å²) in [5.41, 5.74) is 1.21. The summed E-state index contributed by atoms with van der Waals surface area (Å²) in [7, 11) is 1.79. The van der Waals surface area contributed by atoms with Gasteiger partial charge in [-0.15, -0.1) is 24.0 Å². The minimum absolute atomic E-state index is 0. The van der Waals surface area contributed by atoms with Crippen LogP contribution in [0.25, 0.3) is 0 Å². The van der Waals surface area contributed by atoms with Crippen molar-refractivity contribution in [3.63, 3.8) is 0 Å². The normalized spacial score (nSPS) is 15.9. The molecule has 0 spiro atoms. The van der Waals surface area contributed by atoms with Gasteiger partial charge < -0.3 is 15.4 Å². The maximum atomic E-state index is 6.12. The summed E-state index contributed by atoms with van der Waals surface area (Å²) in [6.07, 6.45) is 6.71. The first kappa shape index (κ1) is 20.1. The van der Waals surface area contributed by atoms with E-state index in [1.54, 1.807) is 7.05 Å². The SMILES string of the molecule is CN=C(NCc1cccc(OC2CCCCC2)c1)NC(C)C.I. The highest BCUT2D eigenvalue weighted by Gasteiger charge is 2.14. The van der Waals surface area contributed by atoms with Gasteiger partial charge in [-0.2, -0.15) is 0 Å². The molecule has 1 aromatic carbocycles. The molecule has 1 aromatic rings. The first-order chi connectivity index (χ1) is 10.7. The number of halogens is 1. The maximum Gasteiger partial charge on any atom is 0.191 e. The van der Waals surface area contributed by atoms with Crippen LogP contribution in [0.15, 0.2) is 29.3 Å². The van der Waals surface area contributed by atoms with Gasteiger partial charge in [-0.25, -0.2) is 0 Å². The lowest BCUT2D eigenvalue weighted by Gasteiger charge is -2.23. The van der Waals surface area contributed by atoms with Crippen molar-refractivity contribution in [1.82, 2.24) is 10.6 Å². The number of hydrogen-bond donors (Lipinski definition) is 2. The first-order valence-electron chi connectivity index (χ1n) is 8.40. The minimum Gasteiger partial charge on any atom is -0.490 e. The monoisotopic (exact) mass is 431 g/mol. The quantitative estimate of drug-likeness (QED) is 0.420. The second-order valence-electron chi connectivity index (χ2n) is 6.25. The standard InChI is InChI=1S/C18H29N3O.HI/c1-14(2)21-18(19-3)20-13-15-8-7-11-17(12-15)22-16-9-5-4-6-10-16;/h7-8,11-12,14,16H,4-6,9-10,13H2,1-3H3,(H2,19,20,21);1H. The molecule has 2 N–H and O–H groups in total. The van der Waals surface area contributed by atoms with Crippen molar-refractivity contribution < 1.29 is 4.74 Å². The Hall–Kier alpha value is -0.980. The second-order valence-corrected chi connectivity index (χ2v) is 6.25. The van der Waals surface area contributed by atoms with Gasteiger partial charge in [-0.1, -0.05) is 18.6 Å². The lowest BCUT2D eigenvalue weighted by Crippen LogP contribution is -2.40. The van der Waals surface area contributed by atoms with Gasteiger partial charge >= 0.3 is 0 Å². The van der Waals surface area contributed by atoms with E-state index >= 15 is 0 Å². The van der Waals surface area contributed by atoms with Crippen LogP contribution < -0.4 is 15.4 Å². The van der Waals surface area contributed by atoms with E-state index < -0.39 is 0 Å². The molecule has 5 heteroatoms. The average molecular weight is 431 g/mol. The van der Waals surface area contributed by atoms with Crippen LogP contribution in [-0.2, 0) is 6.54 Å². The van der Waals surface area contributed by atoms with Crippen molar-refractivity contribution in [3.8, 4) is 5.75 Å². The molecule has 130 valence electrons. The Morgan fingerprint density at radius 2 is 2.00 bits per heavy atom. The fraction of sp³-hybridized carbons (Fsp3) is 0.611. The number of hydrogen-bond acceptors (Lipinski definition) is 2. The fourth-order valence-electron chi connectivity index (χ4n) is 2.76. The topological polar surface area (TPSA) is 45.7 Å². The van der Waals surface area contributed by atoms with Crippen LogP contribution in [0, 0.1) is 0 Å². The number of benzene rings is 1. The molecule has 0 bridgehead atoms. The number of rotatable bonds is 5. The van der Waals surface area contributed by atoms with Crippen LogP contribution in [0.5, 0.6) is 5.75 Å². The van der Waals surface area contributed by atoms with Gasteiger partial charge in [0.25, 0.3) is 0 Å². The van der Waals surface area contributed by atoms with E-state index in [4.69, 9.17) is 4.74 Å².